The number of carbonyl (C=O) groups is 3. The van der Waals surface area contributed by atoms with E-state index in [0.717, 1.165) is 45.2 Å². The van der Waals surface area contributed by atoms with Crippen molar-refractivity contribution in [3.8, 4) is 0 Å². The van der Waals surface area contributed by atoms with Gasteiger partial charge in [0, 0.05) is 70.7 Å². The Morgan fingerprint density at radius 2 is 1.93 bits per heavy atom. The van der Waals surface area contributed by atoms with Gasteiger partial charge in [-0.25, -0.2) is 0 Å². The van der Waals surface area contributed by atoms with Crippen molar-refractivity contribution in [1.82, 2.24) is 14.7 Å². The van der Waals surface area contributed by atoms with Crippen LogP contribution in [0.4, 0.5) is 0 Å². The van der Waals surface area contributed by atoms with Crippen LogP contribution in [0, 0.1) is 11.3 Å². The van der Waals surface area contributed by atoms with E-state index in [1.54, 1.807) is 7.11 Å². The summed E-state index contributed by atoms with van der Waals surface area (Å²) >= 11 is 0. The van der Waals surface area contributed by atoms with Crippen LogP contribution in [0.15, 0.2) is 0 Å². The lowest BCUT2D eigenvalue weighted by molar-refractivity contribution is -0.138. The highest BCUT2D eigenvalue weighted by molar-refractivity contribution is 5.89. The summed E-state index contributed by atoms with van der Waals surface area (Å²) in [4.78, 5) is 43.2. The van der Waals surface area contributed by atoms with E-state index in [2.05, 4.69) is 0 Å². The van der Waals surface area contributed by atoms with Crippen molar-refractivity contribution < 1.29 is 19.1 Å². The number of methoxy groups -OCH3 is 1. The van der Waals surface area contributed by atoms with E-state index < -0.39 is 0 Å². The summed E-state index contributed by atoms with van der Waals surface area (Å²) in [6, 6.07) is 0.397. The summed E-state index contributed by atoms with van der Waals surface area (Å²) in [6.07, 6.45) is 5.82. The number of amides is 3. The van der Waals surface area contributed by atoms with Crippen LogP contribution >= 0.6 is 0 Å². The van der Waals surface area contributed by atoms with Crippen LogP contribution in [0.3, 0.4) is 0 Å². The zero-order valence-electron chi connectivity index (χ0n) is 16.3. The van der Waals surface area contributed by atoms with E-state index in [9.17, 15) is 14.4 Å². The fourth-order valence-corrected chi connectivity index (χ4v) is 5.02. The summed E-state index contributed by atoms with van der Waals surface area (Å²) in [5, 5.41) is 0. The molecule has 3 heterocycles. The van der Waals surface area contributed by atoms with Gasteiger partial charge in [0.05, 0.1) is 5.92 Å². The predicted molar refractivity (Wildman–Crippen MR) is 98.8 cm³/mol. The van der Waals surface area contributed by atoms with Gasteiger partial charge in [-0.15, -0.1) is 0 Å². The Bertz CT molecular complexity index is 610. The molecule has 7 nitrogen and oxygen atoms in total. The molecule has 4 fully saturated rings. The van der Waals surface area contributed by atoms with Gasteiger partial charge in [0.2, 0.25) is 17.7 Å². The maximum absolute atomic E-state index is 12.9. The van der Waals surface area contributed by atoms with Crippen LogP contribution in [0.1, 0.15) is 44.9 Å². The van der Waals surface area contributed by atoms with Crippen molar-refractivity contribution in [2.24, 2.45) is 11.3 Å². The minimum Gasteiger partial charge on any atom is -0.385 e. The number of rotatable bonds is 6. The Kier molecular flexibility index (Phi) is 5.14. The van der Waals surface area contributed by atoms with Crippen LogP contribution < -0.4 is 0 Å². The smallest absolute Gasteiger partial charge is 0.227 e. The molecule has 27 heavy (non-hydrogen) atoms. The van der Waals surface area contributed by atoms with Crippen LogP contribution in [-0.4, -0.2) is 84.9 Å². The molecular formula is C20H31N3O4. The molecule has 1 atom stereocenters. The summed E-state index contributed by atoms with van der Waals surface area (Å²) in [5.74, 6) is 0.371. The van der Waals surface area contributed by atoms with Gasteiger partial charge in [0.1, 0.15) is 0 Å². The zero-order chi connectivity index (χ0) is 19.0. The minimum absolute atomic E-state index is 0.0342. The maximum Gasteiger partial charge on any atom is 0.227 e. The van der Waals surface area contributed by atoms with E-state index in [0.29, 0.717) is 45.1 Å². The Balaban J connectivity index is 1.28. The number of carbonyl (C=O) groups excluding carboxylic acids is 3. The lowest BCUT2D eigenvalue weighted by atomic mass is 9.77. The summed E-state index contributed by atoms with van der Waals surface area (Å²) < 4.78 is 5.09. The quantitative estimate of drug-likeness (QED) is 0.644. The van der Waals surface area contributed by atoms with E-state index in [1.165, 1.54) is 0 Å². The highest BCUT2D eigenvalue weighted by atomic mass is 16.5. The fourth-order valence-electron chi connectivity index (χ4n) is 5.02. The molecule has 0 bridgehead atoms. The number of hydrogen-bond donors (Lipinski definition) is 0. The molecule has 3 saturated heterocycles. The summed E-state index contributed by atoms with van der Waals surface area (Å²) in [7, 11) is 1.68. The number of ether oxygens (including phenoxy) is 1. The molecule has 3 amide bonds. The van der Waals surface area contributed by atoms with Gasteiger partial charge in [-0.1, -0.05) is 0 Å². The Morgan fingerprint density at radius 3 is 2.59 bits per heavy atom. The largest absolute Gasteiger partial charge is 0.385 e. The van der Waals surface area contributed by atoms with E-state index >= 15 is 0 Å². The molecule has 1 saturated carbocycles. The molecule has 0 radical (unpaired) electrons. The second-order valence-electron chi connectivity index (χ2n) is 8.84. The van der Waals surface area contributed by atoms with Crippen LogP contribution in [0.2, 0.25) is 0 Å². The molecule has 0 aromatic heterocycles. The molecule has 0 unspecified atom stereocenters. The third-order valence-electron chi connectivity index (χ3n) is 6.81. The maximum atomic E-state index is 12.9. The standard InChI is InChI=1S/C20H31N3O4/c1-27-10-2-7-22-14-20(12-18(22)25)5-8-21(9-6-20)19(26)15-11-17(24)23(13-15)16-3-4-16/h15-16H,2-14H2,1H3/t15-/m0/s1. The highest BCUT2D eigenvalue weighted by Gasteiger charge is 2.47. The molecule has 4 aliphatic rings. The van der Waals surface area contributed by atoms with Gasteiger partial charge in [0.25, 0.3) is 0 Å². The predicted octanol–water partition coefficient (Wildman–Crippen LogP) is 0.875. The van der Waals surface area contributed by atoms with Crippen molar-refractivity contribution in [3.63, 3.8) is 0 Å². The van der Waals surface area contributed by atoms with Gasteiger partial charge in [-0.2, -0.15) is 0 Å². The third-order valence-corrected chi connectivity index (χ3v) is 6.81. The van der Waals surface area contributed by atoms with Crippen molar-refractivity contribution in [2.45, 2.75) is 51.0 Å². The summed E-state index contributed by atoms with van der Waals surface area (Å²) in [5.41, 5.74) is 0.0342. The minimum atomic E-state index is -0.164. The van der Waals surface area contributed by atoms with E-state index in [4.69, 9.17) is 4.74 Å². The van der Waals surface area contributed by atoms with Crippen molar-refractivity contribution >= 4 is 17.7 Å². The molecule has 7 heteroatoms. The SMILES string of the molecule is COCCCN1CC2(CCN(C(=O)[C@H]3CC(=O)N(C4CC4)C3)CC2)CC1=O. The molecule has 0 N–H and O–H groups in total. The number of hydrogen-bond acceptors (Lipinski definition) is 4. The van der Waals surface area contributed by atoms with Crippen molar-refractivity contribution in [1.29, 1.82) is 0 Å². The van der Waals surface area contributed by atoms with Gasteiger partial charge < -0.3 is 19.4 Å². The Hall–Kier alpha value is -1.63. The first-order chi connectivity index (χ1) is 13.0. The van der Waals surface area contributed by atoms with E-state index in [-0.39, 0.29) is 29.1 Å². The first kappa shape index (κ1) is 18.7. The fraction of sp³-hybridized carbons (Fsp3) is 0.850. The van der Waals surface area contributed by atoms with Gasteiger partial charge in [-0.3, -0.25) is 14.4 Å². The number of piperidine rings is 1. The lowest BCUT2D eigenvalue weighted by Crippen LogP contribution is -2.46. The van der Waals surface area contributed by atoms with Gasteiger partial charge in [-0.05, 0) is 32.1 Å². The van der Waals surface area contributed by atoms with Crippen molar-refractivity contribution in [2.75, 3.05) is 46.4 Å². The normalized spacial score (nSPS) is 27.9. The highest BCUT2D eigenvalue weighted by Crippen LogP contribution is 2.41. The molecule has 150 valence electrons. The monoisotopic (exact) mass is 377 g/mol. The third kappa shape index (κ3) is 3.84. The lowest BCUT2D eigenvalue weighted by Gasteiger charge is -2.39. The van der Waals surface area contributed by atoms with Gasteiger partial charge >= 0.3 is 0 Å². The molecular weight excluding hydrogens is 346 g/mol. The molecule has 0 aromatic carbocycles. The number of nitrogens with zero attached hydrogens (tertiary/aromatic N) is 3. The van der Waals surface area contributed by atoms with Gasteiger partial charge in [0.15, 0.2) is 0 Å². The Labute approximate surface area is 161 Å². The second-order valence-corrected chi connectivity index (χ2v) is 8.84. The average Bonchev–Trinajstić information content (AvgIpc) is 3.36. The first-order valence-electron chi connectivity index (χ1n) is 10.4. The molecule has 1 spiro atoms. The Morgan fingerprint density at radius 1 is 1.19 bits per heavy atom. The summed E-state index contributed by atoms with van der Waals surface area (Å²) in [6.45, 7) is 4.29. The van der Waals surface area contributed by atoms with Crippen molar-refractivity contribution in [3.05, 3.63) is 0 Å². The zero-order valence-corrected chi connectivity index (χ0v) is 16.3. The first-order valence-corrected chi connectivity index (χ1v) is 10.4. The molecule has 1 aliphatic carbocycles. The van der Waals surface area contributed by atoms with Crippen LogP contribution in [0.25, 0.3) is 0 Å². The molecule has 4 rings (SSSR count). The second kappa shape index (κ2) is 7.41. The topological polar surface area (TPSA) is 70.2 Å². The number of likely N-dealkylation sites (tertiary alicyclic amines) is 3. The van der Waals surface area contributed by atoms with E-state index in [1.807, 2.05) is 14.7 Å². The van der Waals surface area contributed by atoms with Crippen LogP contribution in [0.5, 0.6) is 0 Å². The molecule has 0 aromatic rings. The molecule has 3 aliphatic heterocycles. The van der Waals surface area contributed by atoms with Crippen LogP contribution in [-0.2, 0) is 19.1 Å². The average molecular weight is 377 g/mol.